The maximum atomic E-state index is 9.24. The highest BCUT2D eigenvalue weighted by Gasteiger charge is 2.27. The van der Waals surface area contributed by atoms with Crippen LogP contribution in [0.25, 0.3) is 49.2 Å². The average Bonchev–Trinajstić information content (AvgIpc) is 3.32. The highest BCUT2D eigenvalue weighted by Crippen LogP contribution is 2.44. The first-order valence-electron chi connectivity index (χ1n) is 14.2. The minimum absolute atomic E-state index is 0.122. The zero-order valence-electron chi connectivity index (χ0n) is 24.0. The van der Waals surface area contributed by atoms with E-state index in [0.29, 0.717) is 28.1 Å². The molecule has 3 nitrogen and oxygen atoms in total. The molecule has 0 unspecified atom stereocenters. The molecule has 0 spiro atoms. The van der Waals surface area contributed by atoms with Crippen molar-refractivity contribution in [1.29, 1.82) is 0 Å². The van der Waals surface area contributed by atoms with Crippen LogP contribution in [0.15, 0.2) is 71.1 Å². The van der Waals surface area contributed by atoms with Crippen LogP contribution in [0.4, 0.5) is 5.69 Å². The SMILES string of the molecule is [2H]c1c([2H])c(-c2c(C)ccc3c2oc2c(-c4ccccc4)c([N+]#[C-])ccc23)[n+](C)c(C)c1C1([2H])CCCCC1. The minimum atomic E-state index is -0.827. The minimum Gasteiger partial charge on any atom is -0.456 e. The Morgan fingerprint density at radius 1 is 0.917 bits per heavy atom. The molecule has 1 fully saturated rings. The van der Waals surface area contributed by atoms with E-state index in [-0.39, 0.29) is 12.1 Å². The van der Waals surface area contributed by atoms with Crippen molar-refractivity contribution in [2.45, 2.75) is 51.8 Å². The smallest absolute Gasteiger partial charge is 0.216 e. The second kappa shape index (κ2) is 8.95. The maximum absolute atomic E-state index is 9.24. The Balaban J connectivity index is 1.67. The maximum Gasteiger partial charge on any atom is 0.216 e. The number of aryl methyl sites for hydroxylation is 1. The number of furan rings is 1. The van der Waals surface area contributed by atoms with Crippen LogP contribution in [0.1, 0.15) is 58.9 Å². The average molecular weight is 475 g/mol. The van der Waals surface area contributed by atoms with Crippen LogP contribution in [0.2, 0.25) is 0 Å². The fraction of sp³-hybridized carbons (Fsp3) is 0.273. The number of aromatic nitrogens is 1. The summed E-state index contributed by atoms with van der Waals surface area (Å²) in [4.78, 5) is 3.79. The standard InChI is InChI=1S/C33H31N2O/c1-21-15-16-26-27-17-19-28(34-3)31(24-13-9-6-10-14-24)33(27)36-32(26)30(21)29-20-18-25(22(2)35(29)4)23-11-7-5-8-12-23/h6,9-10,13-20,23H,5,7-8,11-12H2,1-2,4H3/q+1/i18D,20D,23D. The van der Waals surface area contributed by atoms with Gasteiger partial charge in [0.1, 0.15) is 18.2 Å². The molecule has 0 amide bonds. The first kappa shape index (κ1) is 19.3. The van der Waals surface area contributed by atoms with Crippen LogP contribution in [-0.2, 0) is 7.05 Å². The van der Waals surface area contributed by atoms with E-state index in [1.807, 2.05) is 80.1 Å². The molecule has 0 radical (unpaired) electrons. The Kier molecular flexibility index (Phi) is 4.80. The monoisotopic (exact) mass is 474 g/mol. The third-order valence-corrected chi connectivity index (χ3v) is 7.73. The van der Waals surface area contributed by atoms with E-state index in [1.165, 1.54) is 0 Å². The molecule has 2 aromatic heterocycles. The quantitative estimate of drug-likeness (QED) is 0.189. The van der Waals surface area contributed by atoms with Gasteiger partial charge in [-0.1, -0.05) is 73.9 Å². The third kappa shape index (κ3) is 3.52. The van der Waals surface area contributed by atoms with E-state index >= 15 is 0 Å². The van der Waals surface area contributed by atoms with Crippen LogP contribution in [-0.4, -0.2) is 0 Å². The number of benzene rings is 3. The molecule has 3 heteroatoms. The fourth-order valence-corrected chi connectivity index (χ4v) is 5.70. The number of fused-ring (bicyclic) bond motifs is 3. The van der Waals surface area contributed by atoms with Gasteiger partial charge in [0, 0.05) is 36.2 Å². The van der Waals surface area contributed by atoms with Crippen molar-refractivity contribution in [1.82, 2.24) is 0 Å². The summed E-state index contributed by atoms with van der Waals surface area (Å²) in [5, 5.41) is 1.83. The molecular weight excluding hydrogens is 440 g/mol. The highest BCUT2D eigenvalue weighted by molar-refractivity contribution is 6.15. The molecule has 3 aromatic carbocycles. The van der Waals surface area contributed by atoms with E-state index in [9.17, 15) is 2.74 Å². The zero-order chi connectivity index (χ0) is 27.5. The Bertz CT molecular complexity index is 1780. The van der Waals surface area contributed by atoms with Gasteiger partial charge in [-0.05, 0) is 42.8 Å². The van der Waals surface area contributed by atoms with Gasteiger partial charge < -0.3 is 4.42 Å². The first-order chi connectivity index (χ1) is 18.8. The van der Waals surface area contributed by atoms with Gasteiger partial charge in [0.15, 0.2) is 11.4 Å². The zero-order valence-corrected chi connectivity index (χ0v) is 21.0. The molecule has 0 bridgehead atoms. The largest absolute Gasteiger partial charge is 0.456 e. The van der Waals surface area contributed by atoms with Crippen molar-refractivity contribution in [3.8, 4) is 22.4 Å². The molecule has 1 aliphatic carbocycles. The first-order valence-corrected chi connectivity index (χ1v) is 12.7. The van der Waals surface area contributed by atoms with Crippen LogP contribution < -0.4 is 4.57 Å². The molecule has 178 valence electrons. The van der Waals surface area contributed by atoms with Crippen molar-refractivity contribution in [2.24, 2.45) is 7.05 Å². The molecule has 5 aromatic rings. The second-order valence-corrected chi connectivity index (χ2v) is 9.83. The summed E-state index contributed by atoms with van der Waals surface area (Å²) in [6, 6.07) is 18.0. The molecule has 36 heavy (non-hydrogen) atoms. The van der Waals surface area contributed by atoms with Crippen molar-refractivity contribution in [2.75, 3.05) is 0 Å². The lowest BCUT2D eigenvalue weighted by molar-refractivity contribution is -0.667. The summed E-state index contributed by atoms with van der Waals surface area (Å²) in [6.45, 7) is 11.8. The van der Waals surface area contributed by atoms with Gasteiger partial charge >= 0.3 is 0 Å². The van der Waals surface area contributed by atoms with E-state index in [0.717, 1.165) is 70.8 Å². The topological polar surface area (TPSA) is 21.4 Å². The Morgan fingerprint density at radius 2 is 1.61 bits per heavy atom. The second-order valence-electron chi connectivity index (χ2n) is 9.83. The summed E-state index contributed by atoms with van der Waals surface area (Å²) in [6.07, 6.45) is 4.53. The Hall–Kier alpha value is -3.90. The Morgan fingerprint density at radius 3 is 2.33 bits per heavy atom. The molecule has 0 N–H and O–H groups in total. The van der Waals surface area contributed by atoms with E-state index < -0.39 is 5.89 Å². The van der Waals surface area contributed by atoms with Crippen molar-refractivity contribution < 1.29 is 13.1 Å². The molecule has 1 aliphatic rings. The molecule has 2 heterocycles. The van der Waals surface area contributed by atoms with Crippen molar-refractivity contribution in [3.05, 3.63) is 94.9 Å². The van der Waals surface area contributed by atoms with E-state index in [4.69, 9.17) is 12.4 Å². The van der Waals surface area contributed by atoms with Gasteiger partial charge in [-0.25, -0.2) is 4.85 Å². The third-order valence-electron chi connectivity index (χ3n) is 7.73. The van der Waals surface area contributed by atoms with Crippen LogP contribution >= 0.6 is 0 Å². The van der Waals surface area contributed by atoms with Gasteiger partial charge in [0.05, 0.1) is 14.9 Å². The van der Waals surface area contributed by atoms with Gasteiger partial charge in [0.2, 0.25) is 5.69 Å². The van der Waals surface area contributed by atoms with E-state index in [1.54, 1.807) is 0 Å². The van der Waals surface area contributed by atoms with E-state index in [2.05, 4.69) is 4.85 Å². The fourth-order valence-electron chi connectivity index (χ4n) is 5.70. The molecule has 6 rings (SSSR count). The number of hydrogen-bond acceptors (Lipinski definition) is 1. The summed E-state index contributed by atoms with van der Waals surface area (Å²) in [7, 11) is 1.94. The van der Waals surface area contributed by atoms with Gasteiger partial charge in [-0.2, -0.15) is 4.57 Å². The summed E-state index contributed by atoms with van der Waals surface area (Å²) in [5.74, 6) is -0.827. The number of pyridine rings is 1. The molecule has 0 aliphatic heterocycles. The predicted octanol–water partition coefficient (Wildman–Crippen LogP) is 8.96. The van der Waals surface area contributed by atoms with Gasteiger partial charge in [-0.15, -0.1) is 0 Å². The Labute approximate surface area is 217 Å². The lowest BCUT2D eigenvalue weighted by atomic mass is 9.83. The molecule has 0 atom stereocenters. The summed E-state index contributed by atoms with van der Waals surface area (Å²) < 4.78 is 36.2. The van der Waals surface area contributed by atoms with Crippen molar-refractivity contribution in [3.63, 3.8) is 0 Å². The number of rotatable bonds is 3. The normalized spacial score (nSPS) is 16.4. The molecular formula is C33H31N2O+. The van der Waals surface area contributed by atoms with Crippen LogP contribution in [0.3, 0.4) is 0 Å². The molecule has 0 saturated heterocycles. The lowest BCUT2D eigenvalue weighted by Gasteiger charge is -2.22. The van der Waals surface area contributed by atoms with Crippen LogP contribution in [0.5, 0.6) is 0 Å². The highest BCUT2D eigenvalue weighted by atomic mass is 16.3. The number of nitrogens with zero attached hydrogens (tertiary/aromatic N) is 2. The summed E-state index contributed by atoms with van der Waals surface area (Å²) in [5.41, 5.74) is 7.40. The summed E-state index contributed by atoms with van der Waals surface area (Å²) >= 11 is 0. The van der Waals surface area contributed by atoms with Crippen LogP contribution in [0, 0.1) is 20.4 Å². The van der Waals surface area contributed by atoms with Crippen molar-refractivity contribution >= 4 is 27.6 Å². The molecule has 1 saturated carbocycles. The van der Waals surface area contributed by atoms with Gasteiger partial charge in [0.25, 0.3) is 0 Å². The predicted molar refractivity (Wildman–Crippen MR) is 147 cm³/mol. The van der Waals surface area contributed by atoms with Gasteiger partial charge in [-0.3, -0.25) is 0 Å². The lowest BCUT2D eigenvalue weighted by Crippen LogP contribution is -2.36. The number of hydrogen-bond donors (Lipinski definition) is 0.